The van der Waals surface area contributed by atoms with Crippen LogP contribution in [0, 0.1) is 5.92 Å². The fourth-order valence-corrected chi connectivity index (χ4v) is 3.23. The van der Waals surface area contributed by atoms with Crippen molar-refractivity contribution in [3.8, 4) is 5.75 Å². The minimum absolute atomic E-state index is 0.132. The number of rotatable bonds is 6. The number of benzene rings is 1. The molecule has 11 heteroatoms. The molecule has 30 heavy (non-hydrogen) atoms. The Balaban J connectivity index is 1.52. The van der Waals surface area contributed by atoms with Gasteiger partial charge < -0.3 is 20.1 Å². The van der Waals surface area contributed by atoms with E-state index in [1.807, 2.05) is 4.90 Å². The molecule has 1 fully saturated rings. The van der Waals surface area contributed by atoms with Crippen molar-refractivity contribution in [2.75, 3.05) is 13.1 Å². The molecule has 2 aliphatic rings. The summed E-state index contributed by atoms with van der Waals surface area (Å²) in [7, 11) is 0. The molecule has 0 atom stereocenters. The summed E-state index contributed by atoms with van der Waals surface area (Å²) in [6.07, 6.45) is -0.414. The Kier molecular flexibility index (Phi) is 6.38. The van der Waals surface area contributed by atoms with Crippen LogP contribution in [0.3, 0.4) is 0 Å². The van der Waals surface area contributed by atoms with Gasteiger partial charge in [0.2, 0.25) is 5.91 Å². The maximum absolute atomic E-state index is 12.3. The summed E-state index contributed by atoms with van der Waals surface area (Å²) in [6, 6.07) is 5.23. The number of ether oxygens (including phenoxy) is 1. The monoisotopic (exact) mass is 426 g/mol. The molecule has 162 valence electrons. The van der Waals surface area contributed by atoms with Crippen LogP contribution >= 0.6 is 0 Å². The van der Waals surface area contributed by atoms with Crippen molar-refractivity contribution in [1.29, 1.82) is 0 Å². The van der Waals surface area contributed by atoms with Gasteiger partial charge in [0.15, 0.2) is 0 Å². The summed E-state index contributed by atoms with van der Waals surface area (Å²) in [4.78, 5) is 25.2. The number of carboxylic acid groups (broad SMARTS) is 1. The number of aliphatic carboxylic acids is 1. The van der Waals surface area contributed by atoms with Crippen LogP contribution in [0.4, 0.5) is 13.2 Å². The van der Waals surface area contributed by atoms with E-state index in [2.05, 4.69) is 20.9 Å². The number of piperidine rings is 1. The first-order valence-electron chi connectivity index (χ1n) is 9.26. The number of carbonyl (C=O) groups excluding carboxylic acids is 1. The molecule has 0 saturated carbocycles. The van der Waals surface area contributed by atoms with E-state index in [1.54, 1.807) is 12.2 Å². The first-order chi connectivity index (χ1) is 14.2. The van der Waals surface area contributed by atoms with Gasteiger partial charge in [-0.25, -0.2) is 0 Å². The molecule has 0 bridgehead atoms. The molecule has 1 aromatic carbocycles. The van der Waals surface area contributed by atoms with Crippen LogP contribution in [-0.4, -0.2) is 41.3 Å². The zero-order valence-electron chi connectivity index (χ0n) is 15.8. The fourth-order valence-electron chi connectivity index (χ4n) is 3.23. The molecule has 2 heterocycles. The van der Waals surface area contributed by atoms with Gasteiger partial charge in [0, 0.05) is 13.1 Å². The summed E-state index contributed by atoms with van der Waals surface area (Å²) in [5, 5.41) is 11.7. The highest BCUT2D eigenvalue weighted by Gasteiger charge is 2.31. The van der Waals surface area contributed by atoms with Gasteiger partial charge in [-0.05, 0) is 42.7 Å². The lowest BCUT2D eigenvalue weighted by Crippen LogP contribution is -2.47. The number of allylic oxidation sites excluding steroid dienone is 2. The third-order valence-electron chi connectivity index (χ3n) is 4.69. The Morgan fingerprint density at radius 1 is 1.20 bits per heavy atom. The van der Waals surface area contributed by atoms with Crippen LogP contribution in [0.25, 0.3) is 0 Å². The average Bonchev–Trinajstić information content (AvgIpc) is 2.67. The molecular formula is C19H21F3N4O4. The number of carbonyl (C=O) groups is 2. The lowest BCUT2D eigenvalue weighted by atomic mass is 9.97. The Morgan fingerprint density at radius 2 is 1.93 bits per heavy atom. The number of nitrogens with one attached hydrogen (secondary N) is 3. The number of hydrogen-bond acceptors (Lipinski definition) is 6. The number of likely N-dealkylation sites (tertiary alicyclic amines) is 1. The van der Waals surface area contributed by atoms with Gasteiger partial charge in [0.1, 0.15) is 17.4 Å². The number of hydrogen-bond donors (Lipinski definition) is 4. The van der Waals surface area contributed by atoms with Crippen molar-refractivity contribution in [2.24, 2.45) is 5.92 Å². The number of nitrogens with zero attached hydrogens (tertiary/aromatic N) is 1. The van der Waals surface area contributed by atoms with Crippen LogP contribution in [-0.2, 0) is 16.0 Å². The number of carboxylic acids is 1. The molecule has 3 rings (SSSR count). The summed E-state index contributed by atoms with van der Waals surface area (Å²) >= 11 is 0. The molecule has 0 radical (unpaired) electrons. The molecule has 8 nitrogen and oxygen atoms in total. The SMILES string of the molecule is O=C(Cc1cccc(OC(F)(F)F)c1)NC1=CC=C(N2CCC(C(=O)O)CC2)NN1. The zero-order chi connectivity index (χ0) is 21.7. The molecule has 2 aliphatic heterocycles. The van der Waals surface area contributed by atoms with Crippen LogP contribution < -0.4 is 20.9 Å². The molecule has 0 spiro atoms. The minimum atomic E-state index is -4.80. The van der Waals surface area contributed by atoms with Gasteiger partial charge in [0.05, 0.1) is 12.3 Å². The van der Waals surface area contributed by atoms with Crippen molar-refractivity contribution in [3.05, 3.63) is 53.6 Å². The van der Waals surface area contributed by atoms with Gasteiger partial charge in [-0.1, -0.05) is 12.1 Å². The highest BCUT2D eigenvalue weighted by molar-refractivity contribution is 5.80. The third-order valence-corrected chi connectivity index (χ3v) is 4.69. The van der Waals surface area contributed by atoms with E-state index in [-0.39, 0.29) is 18.1 Å². The highest BCUT2D eigenvalue weighted by Crippen LogP contribution is 2.23. The van der Waals surface area contributed by atoms with E-state index < -0.39 is 18.2 Å². The van der Waals surface area contributed by atoms with Crippen molar-refractivity contribution in [1.82, 2.24) is 21.1 Å². The number of hydrazine groups is 1. The maximum atomic E-state index is 12.3. The Labute approximate surface area is 170 Å². The van der Waals surface area contributed by atoms with Crippen molar-refractivity contribution >= 4 is 11.9 Å². The highest BCUT2D eigenvalue weighted by atomic mass is 19.4. The first-order valence-corrected chi connectivity index (χ1v) is 9.26. The molecular weight excluding hydrogens is 405 g/mol. The second-order valence-corrected chi connectivity index (χ2v) is 6.90. The van der Waals surface area contributed by atoms with Crippen LogP contribution in [0.15, 0.2) is 48.1 Å². The standard InChI is InChI=1S/C19H21F3N4O4/c20-19(21,22)30-14-3-1-2-12(10-14)11-17(27)23-15-4-5-16(25-24-15)26-8-6-13(7-9-26)18(28)29/h1-5,10,13,24-25H,6-9,11H2,(H,23,27)(H,28,29). The molecule has 1 amide bonds. The second kappa shape index (κ2) is 8.97. The summed E-state index contributed by atoms with van der Waals surface area (Å²) in [5.74, 6) is -0.772. The molecule has 1 aromatic rings. The van der Waals surface area contributed by atoms with Crippen LogP contribution in [0.2, 0.25) is 0 Å². The zero-order valence-corrected chi connectivity index (χ0v) is 15.8. The van der Waals surface area contributed by atoms with E-state index in [9.17, 15) is 22.8 Å². The second-order valence-electron chi connectivity index (χ2n) is 6.90. The summed E-state index contributed by atoms with van der Waals surface area (Å²) in [6.45, 7) is 1.20. The molecule has 0 unspecified atom stereocenters. The van der Waals surface area contributed by atoms with Gasteiger partial charge in [0.25, 0.3) is 0 Å². The number of halogens is 3. The average molecular weight is 426 g/mol. The summed E-state index contributed by atoms with van der Waals surface area (Å²) < 4.78 is 40.8. The van der Waals surface area contributed by atoms with Gasteiger partial charge in [-0.2, -0.15) is 0 Å². The van der Waals surface area contributed by atoms with Crippen molar-refractivity contribution in [2.45, 2.75) is 25.6 Å². The van der Waals surface area contributed by atoms with E-state index in [4.69, 9.17) is 5.11 Å². The first kappa shape index (κ1) is 21.3. The number of amides is 1. The quantitative estimate of drug-likeness (QED) is 0.550. The predicted octanol–water partition coefficient (Wildman–Crippen LogP) is 1.83. The lowest BCUT2D eigenvalue weighted by Gasteiger charge is -2.35. The van der Waals surface area contributed by atoms with Crippen LogP contribution in [0.5, 0.6) is 5.75 Å². The maximum Gasteiger partial charge on any atom is 0.573 e. The van der Waals surface area contributed by atoms with Gasteiger partial charge in [-0.3, -0.25) is 20.4 Å². The molecule has 1 saturated heterocycles. The minimum Gasteiger partial charge on any atom is -0.481 e. The van der Waals surface area contributed by atoms with Crippen molar-refractivity contribution in [3.63, 3.8) is 0 Å². The number of alkyl halides is 3. The molecule has 4 N–H and O–H groups in total. The molecule has 0 aromatic heterocycles. The van der Waals surface area contributed by atoms with E-state index in [1.165, 1.54) is 12.1 Å². The predicted molar refractivity (Wildman–Crippen MR) is 99.3 cm³/mol. The third kappa shape index (κ3) is 6.06. The van der Waals surface area contributed by atoms with Crippen LogP contribution in [0.1, 0.15) is 18.4 Å². The Hall–Kier alpha value is -3.37. The fraction of sp³-hybridized carbons (Fsp3) is 0.368. The van der Waals surface area contributed by atoms with E-state index in [0.717, 1.165) is 18.0 Å². The topological polar surface area (TPSA) is 103 Å². The smallest absolute Gasteiger partial charge is 0.481 e. The summed E-state index contributed by atoms with van der Waals surface area (Å²) in [5.41, 5.74) is 6.16. The van der Waals surface area contributed by atoms with E-state index in [0.29, 0.717) is 37.3 Å². The normalized spacial score (nSPS) is 17.2. The Morgan fingerprint density at radius 3 is 2.53 bits per heavy atom. The molecule has 0 aliphatic carbocycles. The largest absolute Gasteiger partial charge is 0.573 e. The van der Waals surface area contributed by atoms with E-state index >= 15 is 0 Å². The Bertz CT molecular complexity index is 862. The van der Waals surface area contributed by atoms with Crippen molar-refractivity contribution < 1.29 is 32.6 Å². The van der Waals surface area contributed by atoms with Gasteiger partial charge >= 0.3 is 12.3 Å². The van der Waals surface area contributed by atoms with Gasteiger partial charge in [-0.15, -0.1) is 13.2 Å². The lowest BCUT2D eigenvalue weighted by molar-refractivity contribution is -0.274.